The third kappa shape index (κ3) is 3.74. The number of carbonyl (C=O) groups excluding carboxylic acids is 1. The van der Waals surface area contributed by atoms with E-state index in [1.54, 1.807) is 11.8 Å². The first-order chi connectivity index (χ1) is 9.26. The zero-order valence-electron chi connectivity index (χ0n) is 11.1. The van der Waals surface area contributed by atoms with Crippen molar-refractivity contribution in [2.45, 2.75) is 4.90 Å². The normalized spacial score (nSPS) is 16.6. The summed E-state index contributed by atoms with van der Waals surface area (Å²) in [6, 6.07) is 7.86. The Morgan fingerprint density at radius 3 is 2.58 bits per heavy atom. The van der Waals surface area contributed by atoms with E-state index in [-0.39, 0.29) is 5.91 Å². The maximum atomic E-state index is 12.5. The van der Waals surface area contributed by atoms with Gasteiger partial charge in [0.2, 0.25) is 0 Å². The van der Waals surface area contributed by atoms with Crippen LogP contribution in [-0.4, -0.2) is 60.0 Å². The second-order valence-electron chi connectivity index (χ2n) is 4.52. The second-order valence-corrected chi connectivity index (χ2v) is 6.16. The molecule has 0 aromatic heterocycles. The number of amides is 1. The molecule has 1 heterocycles. The minimum Gasteiger partial charge on any atom is -0.336 e. The van der Waals surface area contributed by atoms with Crippen LogP contribution in [0.4, 0.5) is 0 Å². The predicted molar refractivity (Wildman–Crippen MR) is 84.4 cm³/mol. The molecule has 1 aliphatic heterocycles. The van der Waals surface area contributed by atoms with Gasteiger partial charge in [0.25, 0.3) is 5.91 Å². The van der Waals surface area contributed by atoms with Gasteiger partial charge in [-0.05, 0) is 18.4 Å². The van der Waals surface area contributed by atoms with Gasteiger partial charge < -0.3 is 4.90 Å². The largest absolute Gasteiger partial charge is 0.336 e. The highest BCUT2D eigenvalue weighted by molar-refractivity contribution is 9.09. The number of nitrogens with zero attached hydrogens (tertiary/aromatic N) is 2. The summed E-state index contributed by atoms with van der Waals surface area (Å²) >= 11 is 5.09. The molecule has 0 spiro atoms. The van der Waals surface area contributed by atoms with Crippen molar-refractivity contribution < 1.29 is 4.79 Å². The quantitative estimate of drug-likeness (QED) is 0.620. The van der Waals surface area contributed by atoms with E-state index < -0.39 is 0 Å². The van der Waals surface area contributed by atoms with Crippen LogP contribution in [-0.2, 0) is 0 Å². The minimum atomic E-state index is 0.170. The number of benzene rings is 1. The Bertz CT molecular complexity index is 433. The van der Waals surface area contributed by atoms with Crippen molar-refractivity contribution >= 4 is 33.6 Å². The van der Waals surface area contributed by atoms with Crippen LogP contribution in [0.5, 0.6) is 0 Å². The van der Waals surface area contributed by atoms with Crippen molar-refractivity contribution in [1.82, 2.24) is 9.80 Å². The number of alkyl halides is 1. The first-order valence-corrected chi connectivity index (χ1v) is 8.81. The molecule has 0 atom stereocenters. The fourth-order valence-corrected chi connectivity index (χ4v) is 3.38. The molecule has 0 aliphatic carbocycles. The number of halogens is 1. The van der Waals surface area contributed by atoms with Gasteiger partial charge in [-0.2, -0.15) is 0 Å². The standard InChI is InChI=1S/C14H19BrN2OS/c1-19-13-5-3-2-4-12(13)14(18)17-10-8-16(7-6-15)9-11-17/h2-5H,6-11H2,1H3. The third-order valence-corrected chi connectivity index (χ3v) is 4.55. The summed E-state index contributed by atoms with van der Waals surface area (Å²) in [5.74, 6) is 0.170. The molecule has 5 heteroatoms. The molecule has 1 aromatic carbocycles. The van der Waals surface area contributed by atoms with Gasteiger partial charge in [0.15, 0.2) is 0 Å². The summed E-state index contributed by atoms with van der Waals surface area (Å²) in [5, 5.41) is 0.996. The van der Waals surface area contributed by atoms with Crippen molar-refractivity contribution in [3.63, 3.8) is 0 Å². The van der Waals surface area contributed by atoms with Gasteiger partial charge in [-0.15, -0.1) is 11.8 Å². The molecule has 0 N–H and O–H groups in total. The Labute approximate surface area is 127 Å². The summed E-state index contributed by atoms with van der Waals surface area (Å²) in [6.07, 6.45) is 2.01. The number of carbonyl (C=O) groups is 1. The molecule has 1 amide bonds. The van der Waals surface area contributed by atoms with Gasteiger partial charge >= 0.3 is 0 Å². The van der Waals surface area contributed by atoms with Crippen molar-refractivity contribution in [3.05, 3.63) is 29.8 Å². The average Bonchev–Trinajstić information content (AvgIpc) is 2.47. The molecule has 1 aliphatic rings. The van der Waals surface area contributed by atoms with Crippen LogP contribution in [0.15, 0.2) is 29.2 Å². The molecule has 0 saturated carbocycles. The van der Waals surface area contributed by atoms with Crippen LogP contribution in [0.3, 0.4) is 0 Å². The summed E-state index contributed by atoms with van der Waals surface area (Å²) in [5.41, 5.74) is 0.837. The SMILES string of the molecule is CSc1ccccc1C(=O)N1CCN(CCBr)CC1. The summed E-state index contributed by atoms with van der Waals surface area (Å²) in [4.78, 5) is 18.0. The van der Waals surface area contributed by atoms with Crippen LogP contribution < -0.4 is 0 Å². The number of hydrogen-bond donors (Lipinski definition) is 0. The van der Waals surface area contributed by atoms with Crippen LogP contribution >= 0.6 is 27.7 Å². The van der Waals surface area contributed by atoms with Gasteiger partial charge in [-0.25, -0.2) is 0 Å². The number of rotatable bonds is 4. The van der Waals surface area contributed by atoms with Gasteiger partial charge in [0.05, 0.1) is 5.56 Å². The molecule has 1 aromatic rings. The third-order valence-electron chi connectivity index (χ3n) is 3.40. The lowest BCUT2D eigenvalue weighted by Crippen LogP contribution is -2.49. The lowest BCUT2D eigenvalue weighted by molar-refractivity contribution is 0.0641. The molecule has 2 rings (SSSR count). The second kappa shape index (κ2) is 7.31. The van der Waals surface area contributed by atoms with E-state index >= 15 is 0 Å². The van der Waals surface area contributed by atoms with E-state index in [1.165, 1.54) is 0 Å². The Hall–Kier alpha value is -0.520. The lowest BCUT2D eigenvalue weighted by atomic mass is 10.2. The van der Waals surface area contributed by atoms with Crippen molar-refractivity contribution in [3.8, 4) is 0 Å². The molecule has 3 nitrogen and oxygen atoms in total. The molecular weight excluding hydrogens is 324 g/mol. The average molecular weight is 343 g/mol. The summed E-state index contributed by atoms with van der Waals surface area (Å²) < 4.78 is 0. The van der Waals surface area contributed by atoms with Crippen molar-refractivity contribution in [2.75, 3.05) is 44.3 Å². The minimum absolute atomic E-state index is 0.170. The van der Waals surface area contributed by atoms with Crippen LogP contribution in [0, 0.1) is 0 Å². The van der Waals surface area contributed by atoms with E-state index in [0.717, 1.165) is 48.5 Å². The fraction of sp³-hybridized carbons (Fsp3) is 0.500. The number of piperazine rings is 1. The molecule has 104 valence electrons. The fourth-order valence-electron chi connectivity index (χ4n) is 2.29. The van der Waals surface area contributed by atoms with Crippen molar-refractivity contribution in [2.24, 2.45) is 0 Å². The van der Waals surface area contributed by atoms with E-state index in [4.69, 9.17) is 0 Å². The maximum Gasteiger partial charge on any atom is 0.255 e. The van der Waals surface area contributed by atoms with E-state index in [9.17, 15) is 4.79 Å². The van der Waals surface area contributed by atoms with E-state index in [2.05, 4.69) is 20.8 Å². The molecule has 19 heavy (non-hydrogen) atoms. The lowest BCUT2D eigenvalue weighted by Gasteiger charge is -2.34. The zero-order chi connectivity index (χ0) is 13.7. The zero-order valence-corrected chi connectivity index (χ0v) is 13.5. The molecule has 1 fully saturated rings. The Morgan fingerprint density at radius 2 is 1.95 bits per heavy atom. The van der Waals surface area contributed by atoms with E-state index in [0.29, 0.717) is 0 Å². The Balaban J connectivity index is 2.01. The number of hydrogen-bond acceptors (Lipinski definition) is 3. The molecule has 0 radical (unpaired) electrons. The van der Waals surface area contributed by atoms with Crippen LogP contribution in [0.1, 0.15) is 10.4 Å². The smallest absolute Gasteiger partial charge is 0.255 e. The molecule has 1 saturated heterocycles. The van der Waals surface area contributed by atoms with Gasteiger partial charge in [0.1, 0.15) is 0 Å². The summed E-state index contributed by atoms with van der Waals surface area (Å²) in [6.45, 7) is 4.66. The number of thioether (sulfide) groups is 1. The first kappa shape index (κ1) is 14.9. The topological polar surface area (TPSA) is 23.6 Å². The van der Waals surface area contributed by atoms with E-state index in [1.807, 2.05) is 35.4 Å². The van der Waals surface area contributed by atoms with Crippen LogP contribution in [0.2, 0.25) is 0 Å². The van der Waals surface area contributed by atoms with Gasteiger partial charge in [-0.1, -0.05) is 28.1 Å². The molecule has 0 bridgehead atoms. The van der Waals surface area contributed by atoms with Gasteiger partial charge in [0, 0.05) is 42.9 Å². The molecular formula is C14H19BrN2OS. The highest BCUT2D eigenvalue weighted by Crippen LogP contribution is 2.21. The predicted octanol–water partition coefficient (Wildman–Crippen LogP) is 2.56. The van der Waals surface area contributed by atoms with Crippen molar-refractivity contribution in [1.29, 1.82) is 0 Å². The summed E-state index contributed by atoms with van der Waals surface area (Å²) in [7, 11) is 0. The highest BCUT2D eigenvalue weighted by atomic mass is 79.9. The van der Waals surface area contributed by atoms with Crippen LogP contribution in [0.25, 0.3) is 0 Å². The first-order valence-electron chi connectivity index (χ1n) is 6.47. The Morgan fingerprint density at radius 1 is 1.26 bits per heavy atom. The maximum absolute atomic E-state index is 12.5. The molecule has 0 unspecified atom stereocenters. The monoisotopic (exact) mass is 342 g/mol. The Kier molecular flexibility index (Phi) is 5.73. The van der Waals surface area contributed by atoms with Gasteiger partial charge in [-0.3, -0.25) is 9.69 Å². The highest BCUT2D eigenvalue weighted by Gasteiger charge is 2.23.